The van der Waals surface area contributed by atoms with Gasteiger partial charge in [0, 0.05) is 0 Å². The van der Waals surface area contributed by atoms with E-state index in [2.05, 4.69) is 6.92 Å². The standard InChI is InChI=1S/C27H42O5/c1-4-7-8-9-10-11-12-13-14-15-18-21-31-25(29)27(5-2,6-3)26(30)32-24-20-17-16-19-23(24)22-28/h16-17,19-20,22H,4-15,18,21H2,1-3H3. The molecule has 0 spiro atoms. The van der Waals surface area contributed by atoms with Gasteiger partial charge in [0.2, 0.25) is 0 Å². The van der Waals surface area contributed by atoms with Crippen LogP contribution in [0.5, 0.6) is 5.75 Å². The first kappa shape index (κ1) is 27.9. The van der Waals surface area contributed by atoms with Crippen molar-refractivity contribution in [3.8, 4) is 5.75 Å². The maximum atomic E-state index is 12.9. The molecule has 0 saturated carbocycles. The summed E-state index contributed by atoms with van der Waals surface area (Å²) in [7, 11) is 0. The number of benzene rings is 1. The fraction of sp³-hybridized carbons (Fsp3) is 0.667. The van der Waals surface area contributed by atoms with Gasteiger partial charge in [0.25, 0.3) is 0 Å². The number of para-hydroxylation sites is 1. The minimum absolute atomic E-state index is 0.164. The molecule has 0 aromatic heterocycles. The molecular formula is C27H42O5. The van der Waals surface area contributed by atoms with Crippen molar-refractivity contribution in [2.45, 2.75) is 104 Å². The zero-order valence-electron chi connectivity index (χ0n) is 20.3. The second-order valence-electron chi connectivity index (χ2n) is 8.51. The molecule has 0 heterocycles. The average molecular weight is 447 g/mol. The first-order valence-corrected chi connectivity index (χ1v) is 12.5. The Hall–Kier alpha value is -2.17. The summed E-state index contributed by atoms with van der Waals surface area (Å²) in [5.74, 6) is -1.04. The molecule has 1 aromatic rings. The molecule has 32 heavy (non-hydrogen) atoms. The second kappa shape index (κ2) is 16.5. The van der Waals surface area contributed by atoms with Crippen molar-refractivity contribution in [1.82, 2.24) is 0 Å². The van der Waals surface area contributed by atoms with Crippen LogP contribution in [0.3, 0.4) is 0 Å². The van der Waals surface area contributed by atoms with Gasteiger partial charge in [-0.2, -0.15) is 0 Å². The third-order valence-corrected chi connectivity index (χ3v) is 6.22. The minimum atomic E-state index is -1.35. The van der Waals surface area contributed by atoms with Gasteiger partial charge in [-0.1, -0.05) is 97.1 Å². The maximum Gasteiger partial charge on any atom is 0.328 e. The quantitative estimate of drug-likeness (QED) is 0.0793. The largest absolute Gasteiger partial charge is 0.465 e. The zero-order valence-corrected chi connectivity index (χ0v) is 20.3. The summed E-state index contributed by atoms with van der Waals surface area (Å²) in [5.41, 5.74) is -1.08. The lowest BCUT2D eigenvalue weighted by molar-refractivity contribution is -0.168. The van der Waals surface area contributed by atoms with E-state index in [-0.39, 0.29) is 24.2 Å². The van der Waals surface area contributed by atoms with E-state index in [9.17, 15) is 14.4 Å². The van der Waals surface area contributed by atoms with E-state index in [0.29, 0.717) is 12.9 Å². The zero-order chi connectivity index (χ0) is 23.7. The third-order valence-electron chi connectivity index (χ3n) is 6.22. The molecule has 0 amide bonds. The first-order valence-electron chi connectivity index (χ1n) is 12.5. The lowest BCUT2D eigenvalue weighted by atomic mass is 9.82. The molecule has 0 radical (unpaired) electrons. The highest BCUT2D eigenvalue weighted by molar-refractivity contribution is 6.01. The van der Waals surface area contributed by atoms with E-state index >= 15 is 0 Å². The molecule has 5 heteroatoms. The summed E-state index contributed by atoms with van der Waals surface area (Å²) in [6.45, 7) is 6.11. The molecule has 0 aliphatic carbocycles. The van der Waals surface area contributed by atoms with Crippen LogP contribution in [0.15, 0.2) is 24.3 Å². The number of hydrogen-bond acceptors (Lipinski definition) is 5. The Morgan fingerprint density at radius 3 is 1.84 bits per heavy atom. The molecule has 180 valence electrons. The van der Waals surface area contributed by atoms with E-state index in [0.717, 1.165) is 19.3 Å². The van der Waals surface area contributed by atoms with Crippen molar-refractivity contribution in [1.29, 1.82) is 0 Å². The van der Waals surface area contributed by atoms with E-state index in [4.69, 9.17) is 9.47 Å². The summed E-state index contributed by atoms with van der Waals surface area (Å²) in [5, 5.41) is 0. The van der Waals surface area contributed by atoms with Gasteiger partial charge in [-0.05, 0) is 31.4 Å². The van der Waals surface area contributed by atoms with E-state index in [1.165, 1.54) is 51.4 Å². The number of aldehydes is 1. The van der Waals surface area contributed by atoms with Crippen LogP contribution in [-0.4, -0.2) is 24.8 Å². The normalized spacial score (nSPS) is 11.2. The van der Waals surface area contributed by atoms with Crippen molar-refractivity contribution in [3.05, 3.63) is 29.8 Å². The minimum Gasteiger partial charge on any atom is -0.465 e. The lowest BCUT2D eigenvalue weighted by Gasteiger charge is -2.27. The highest BCUT2D eigenvalue weighted by Gasteiger charge is 2.46. The number of ether oxygens (including phenoxy) is 2. The third kappa shape index (κ3) is 9.13. The molecule has 0 saturated heterocycles. The van der Waals surface area contributed by atoms with Crippen molar-refractivity contribution in [2.24, 2.45) is 5.41 Å². The summed E-state index contributed by atoms with van der Waals surface area (Å²) in [6.07, 6.45) is 14.6. The van der Waals surface area contributed by atoms with Crippen LogP contribution in [0.1, 0.15) is 115 Å². The first-order chi connectivity index (χ1) is 15.6. The van der Waals surface area contributed by atoms with Crippen LogP contribution in [0.2, 0.25) is 0 Å². The van der Waals surface area contributed by atoms with Crippen LogP contribution in [-0.2, 0) is 14.3 Å². The van der Waals surface area contributed by atoms with Gasteiger partial charge < -0.3 is 9.47 Å². The number of rotatable bonds is 18. The van der Waals surface area contributed by atoms with Crippen LogP contribution in [0.25, 0.3) is 0 Å². The maximum absolute atomic E-state index is 12.9. The number of carbonyl (C=O) groups excluding carboxylic acids is 3. The molecule has 0 atom stereocenters. The fourth-order valence-electron chi connectivity index (χ4n) is 3.85. The van der Waals surface area contributed by atoms with Crippen molar-refractivity contribution < 1.29 is 23.9 Å². The number of unbranched alkanes of at least 4 members (excludes halogenated alkanes) is 10. The molecule has 0 N–H and O–H groups in total. The van der Waals surface area contributed by atoms with Crippen molar-refractivity contribution >= 4 is 18.2 Å². The van der Waals surface area contributed by atoms with E-state index < -0.39 is 17.4 Å². The van der Waals surface area contributed by atoms with Crippen molar-refractivity contribution in [2.75, 3.05) is 6.61 Å². The molecule has 1 aromatic carbocycles. The molecule has 0 fully saturated rings. The summed E-state index contributed by atoms with van der Waals surface area (Å²) >= 11 is 0. The van der Waals surface area contributed by atoms with E-state index in [1.54, 1.807) is 38.1 Å². The van der Waals surface area contributed by atoms with Gasteiger partial charge in [-0.25, -0.2) is 0 Å². The summed E-state index contributed by atoms with van der Waals surface area (Å²) in [4.78, 5) is 36.9. The van der Waals surface area contributed by atoms with E-state index in [1.807, 2.05) is 0 Å². The Kier molecular flexibility index (Phi) is 14.3. The van der Waals surface area contributed by atoms with Crippen molar-refractivity contribution in [3.63, 3.8) is 0 Å². The SMILES string of the molecule is CCCCCCCCCCCCCOC(=O)C(CC)(CC)C(=O)Oc1ccccc1C=O. The predicted octanol–water partition coefficient (Wildman–Crippen LogP) is 7.07. The Bertz CT molecular complexity index is 678. The average Bonchev–Trinajstić information content (AvgIpc) is 2.81. The molecule has 0 unspecified atom stereocenters. The Morgan fingerprint density at radius 1 is 0.781 bits per heavy atom. The van der Waals surface area contributed by atoms with Gasteiger partial charge >= 0.3 is 11.9 Å². The topological polar surface area (TPSA) is 69.7 Å². The lowest BCUT2D eigenvalue weighted by Crippen LogP contribution is -2.42. The van der Waals surface area contributed by atoms with Crippen LogP contribution in [0, 0.1) is 5.41 Å². The van der Waals surface area contributed by atoms with Gasteiger partial charge in [0.15, 0.2) is 11.7 Å². The number of esters is 2. The highest BCUT2D eigenvalue weighted by atomic mass is 16.6. The molecule has 0 aliphatic heterocycles. The van der Waals surface area contributed by atoms with Gasteiger partial charge in [0.05, 0.1) is 12.2 Å². The second-order valence-corrected chi connectivity index (χ2v) is 8.51. The molecular weight excluding hydrogens is 404 g/mol. The fourth-order valence-corrected chi connectivity index (χ4v) is 3.85. The Morgan fingerprint density at radius 2 is 1.31 bits per heavy atom. The highest BCUT2D eigenvalue weighted by Crippen LogP contribution is 2.31. The van der Waals surface area contributed by atoms with Crippen LogP contribution in [0.4, 0.5) is 0 Å². The molecule has 0 aliphatic rings. The van der Waals surface area contributed by atoms with Gasteiger partial charge in [-0.15, -0.1) is 0 Å². The van der Waals surface area contributed by atoms with Gasteiger partial charge in [0.1, 0.15) is 5.75 Å². The Balaban J connectivity index is 2.38. The van der Waals surface area contributed by atoms with Crippen LogP contribution >= 0.6 is 0 Å². The molecule has 0 bridgehead atoms. The Labute approximate surface area is 194 Å². The number of hydrogen-bond donors (Lipinski definition) is 0. The monoisotopic (exact) mass is 446 g/mol. The summed E-state index contributed by atoms with van der Waals surface area (Å²) in [6, 6.07) is 6.49. The van der Waals surface area contributed by atoms with Crippen LogP contribution < -0.4 is 4.74 Å². The number of carbonyl (C=O) groups is 3. The summed E-state index contributed by atoms with van der Waals surface area (Å²) < 4.78 is 10.9. The molecule has 1 rings (SSSR count). The molecule has 5 nitrogen and oxygen atoms in total. The smallest absolute Gasteiger partial charge is 0.328 e. The predicted molar refractivity (Wildman–Crippen MR) is 128 cm³/mol. The van der Waals surface area contributed by atoms with Gasteiger partial charge in [-0.3, -0.25) is 14.4 Å².